The number of hydrogen-bond acceptors (Lipinski definition) is 5. The Morgan fingerprint density at radius 3 is 2.56 bits per heavy atom. The van der Waals surface area contributed by atoms with E-state index in [1.165, 1.54) is 7.11 Å². The number of carbonyl (C=O) groups is 1. The minimum Gasteiger partial charge on any atom is -0.496 e. The summed E-state index contributed by atoms with van der Waals surface area (Å²) in [6, 6.07) is 7.68. The zero-order chi connectivity index (χ0) is 24.0. The number of halogens is 3. The van der Waals surface area contributed by atoms with Gasteiger partial charge in [-0.3, -0.25) is 4.79 Å². The van der Waals surface area contributed by atoms with Crippen molar-refractivity contribution in [1.29, 1.82) is 0 Å². The number of rotatable bonds is 4. The number of aromatic nitrogens is 2. The minimum atomic E-state index is -4.44. The SMILES string of the molecule is COc1cc(-c2cnn3cc(N4CCN(C)CC4)ccc23)cc2c1C(=O)N(CC(F)(F)F)CC2. The molecule has 4 heterocycles. The molecule has 0 unspecified atom stereocenters. The van der Waals surface area contributed by atoms with E-state index in [-0.39, 0.29) is 17.9 Å². The number of piperazine rings is 1. The molecule has 1 fully saturated rings. The number of fused-ring (bicyclic) bond motifs is 2. The summed E-state index contributed by atoms with van der Waals surface area (Å²) in [5.41, 5.74) is 4.59. The zero-order valence-electron chi connectivity index (χ0n) is 19.1. The van der Waals surface area contributed by atoms with Gasteiger partial charge in [0.05, 0.1) is 36.3 Å². The smallest absolute Gasteiger partial charge is 0.406 e. The molecule has 0 radical (unpaired) electrons. The summed E-state index contributed by atoms with van der Waals surface area (Å²) in [7, 11) is 3.54. The summed E-state index contributed by atoms with van der Waals surface area (Å²) in [4.78, 5) is 18.3. The molecule has 0 bridgehead atoms. The van der Waals surface area contributed by atoms with Crippen LogP contribution in [-0.4, -0.2) is 84.9 Å². The lowest BCUT2D eigenvalue weighted by Crippen LogP contribution is -2.44. The summed E-state index contributed by atoms with van der Waals surface area (Å²) in [6.45, 7) is 2.68. The molecule has 1 saturated heterocycles. The number of amides is 1. The third-order valence-electron chi connectivity index (χ3n) is 6.61. The van der Waals surface area contributed by atoms with E-state index < -0.39 is 18.6 Å². The number of methoxy groups -OCH3 is 1. The van der Waals surface area contributed by atoms with Crippen molar-refractivity contribution < 1.29 is 22.7 Å². The maximum Gasteiger partial charge on any atom is 0.406 e. The second-order valence-corrected chi connectivity index (χ2v) is 8.87. The third-order valence-corrected chi connectivity index (χ3v) is 6.61. The summed E-state index contributed by atoms with van der Waals surface area (Å²) in [5.74, 6) is -0.378. The van der Waals surface area contributed by atoms with Gasteiger partial charge in [0, 0.05) is 38.3 Å². The molecule has 3 aromatic rings. The maximum atomic E-state index is 12.9. The lowest BCUT2D eigenvalue weighted by molar-refractivity contribution is -0.141. The Morgan fingerprint density at radius 1 is 1.09 bits per heavy atom. The second-order valence-electron chi connectivity index (χ2n) is 8.87. The predicted octanol–water partition coefficient (Wildman–Crippen LogP) is 3.32. The van der Waals surface area contributed by atoms with Crippen LogP contribution < -0.4 is 9.64 Å². The average Bonchev–Trinajstić information content (AvgIpc) is 3.23. The van der Waals surface area contributed by atoms with Crippen molar-refractivity contribution in [3.63, 3.8) is 0 Å². The number of ether oxygens (including phenoxy) is 1. The number of benzene rings is 1. The molecule has 1 amide bonds. The number of pyridine rings is 1. The van der Waals surface area contributed by atoms with Gasteiger partial charge in [0.15, 0.2) is 0 Å². The van der Waals surface area contributed by atoms with E-state index in [2.05, 4.69) is 28.0 Å². The van der Waals surface area contributed by atoms with Gasteiger partial charge in [0.25, 0.3) is 5.91 Å². The van der Waals surface area contributed by atoms with Crippen molar-refractivity contribution in [3.05, 3.63) is 47.8 Å². The van der Waals surface area contributed by atoms with E-state index in [1.807, 2.05) is 22.8 Å². The van der Waals surface area contributed by atoms with Crippen LogP contribution in [0, 0.1) is 0 Å². The van der Waals surface area contributed by atoms with Gasteiger partial charge >= 0.3 is 6.18 Å². The minimum absolute atomic E-state index is 0.0150. The molecular weight excluding hydrogens is 447 g/mol. The Hall–Kier alpha value is -3.27. The number of anilines is 1. The molecule has 180 valence electrons. The highest BCUT2D eigenvalue weighted by Gasteiger charge is 2.37. The second kappa shape index (κ2) is 8.50. The first kappa shape index (κ1) is 22.5. The molecule has 1 aromatic carbocycles. The van der Waals surface area contributed by atoms with Crippen molar-refractivity contribution >= 4 is 17.1 Å². The molecule has 7 nitrogen and oxygen atoms in total. The average molecular weight is 473 g/mol. The van der Waals surface area contributed by atoms with Crippen molar-refractivity contribution in [2.75, 3.05) is 58.3 Å². The first-order valence-electron chi connectivity index (χ1n) is 11.2. The van der Waals surface area contributed by atoms with Gasteiger partial charge in [0.2, 0.25) is 0 Å². The van der Waals surface area contributed by atoms with Crippen molar-refractivity contribution in [1.82, 2.24) is 19.4 Å². The Bertz CT molecular complexity index is 1210. The molecule has 0 N–H and O–H groups in total. The molecular formula is C24H26F3N5O2. The Kier molecular flexibility index (Phi) is 5.63. The van der Waals surface area contributed by atoms with Crippen LogP contribution in [0.4, 0.5) is 18.9 Å². The van der Waals surface area contributed by atoms with Crippen LogP contribution in [0.25, 0.3) is 16.6 Å². The van der Waals surface area contributed by atoms with Crippen LogP contribution in [0.15, 0.2) is 36.7 Å². The lowest BCUT2D eigenvalue weighted by atomic mass is 9.93. The monoisotopic (exact) mass is 473 g/mol. The fourth-order valence-electron chi connectivity index (χ4n) is 4.76. The van der Waals surface area contributed by atoms with Crippen LogP contribution >= 0.6 is 0 Å². The first-order chi connectivity index (χ1) is 16.2. The van der Waals surface area contributed by atoms with E-state index in [9.17, 15) is 18.0 Å². The molecule has 2 aromatic heterocycles. The number of alkyl halides is 3. The topological polar surface area (TPSA) is 53.3 Å². The number of nitrogens with zero attached hydrogens (tertiary/aromatic N) is 5. The van der Waals surface area contributed by atoms with Crippen LogP contribution in [0.2, 0.25) is 0 Å². The van der Waals surface area contributed by atoms with E-state index in [0.717, 1.165) is 53.4 Å². The van der Waals surface area contributed by atoms with Gasteiger partial charge in [-0.1, -0.05) is 0 Å². The van der Waals surface area contributed by atoms with Gasteiger partial charge in [-0.05, 0) is 48.9 Å². The zero-order valence-corrected chi connectivity index (χ0v) is 19.1. The van der Waals surface area contributed by atoms with Gasteiger partial charge in [-0.15, -0.1) is 0 Å². The van der Waals surface area contributed by atoms with E-state index in [1.54, 1.807) is 12.3 Å². The highest BCUT2D eigenvalue weighted by Crippen LogP contribution is 2.36. The van der Waals surface area contributed by atoms with Crippen molar-refractivity contribution in [2.24, 2.45) is 0 Å². The molecule has 0 saturated carbocycles. The van der Waals surface area contributed by atoms with Crippen molar-refractivity contribution in [3.8, 4) is 16.9 Å². The van der Waals surface area contributed by atoms with Gasteiger partial charge < -0.3 is 19.4 Å². The van der Waals surface area contributed by atoms with Crippen LogP contribution in [-0.2, 0) is 6.42 Å². The molecule has 10 heteroatoms. The van der Waals surface area contributed by atoms with Gasteiger partial charge in [0.1, 0.15) is 12.3 Å². The molecule has 0 atom stereocenters. The molecule has 5 rings (SSSR count). The van der Waals surface area contributed by atoms with Gasteiger partial charge in [-0.25, -0.2) is 4.52 Å². The van der Waals surface area contributed by atoms with Crippen molar-refractivity contribution in [2.45, 2.75) is 12.6 Å². The number of likely N-dealkylation sites (N-methyl/N-ethyl adjacent to an activating group) is 1. The largest absolute Gasteiger partial charge is 0.496 e. The highest BCUT2D eigenvalue weighted by molar-refractivity contribution is 6.00. The van der Waals surface area contributed by atoms with Crippen LogP contribution in [0.5, 0.6) is 5.75 Å². The van der Waals surface area contributed by atoms with Crippen LogP contribution in [0.1, 0.15) is 15.9 Å². The van der Waals surface area contributed by atoms with E-state index in [4.69, 9.17) is 4.74 Å². The normalized spacial score (nSPS) is 17.4. The fourth-order valence-corrected chi connectivity index (χ4v) is 4.76. The predicted molar refractivity (Wildman–Crippen MR) is 123 cm³/mol. The molecule has 0 spiro atoms. The van der Waals surface area contributed by atoms with Crippen LogP contribution in [0.3, 0.4) is 0 Å². The number of hydrogen-bond donors (Lipinski definition) is 0. The lowest BCUT2D eigenvalue weighted by Gasteiger charge is -2.33. The molecule has 2 aliphatic rings. The fraction of sp³-hybridized carbons (Fsp3) is 0.417. The Morgan fingerprint density at radius 2 is 1.85 bits per heavy atom. The van der Waals surface area contributed by atoms with E-state index in [0.29, 0.717) is 12.0 Å². The summed E-state index contributed by atoms with van der Waals surface area (Å²) in [6.07, 6.45) is -0.336. The molecule has 34 heavy (non-hydrogen) atoms. The number of carbonyl (C=O) groups excluding carboxylic acids is 1. The maximum absolute atomic E-state index is 12.9. The van der Waals surface area contributed by atoms with Gasteiger partial charge in [-0.2, -0.15) is 18.3 Å². The first-order valence-corrected chi connectivity index (χ1v) is 11.2. The molecule has 2 aliphatic heterocycles. The summed E-state index contributed by atoms with van der Waals surface area (Å²) in [5, 5.41) is 4.54. The third kappa shape index (κ3) is 4.18. The Balaban J connectivity index is 1.48. The van der Waals surface area contributed by atoms with E-state index >= 15 is 0 Å². The quantitative estimate of drug-likeness (QED) is 0.582. The summed E-state index contributed by atoms with van der Waals surface area (Å²) >= 11 is 0. The highest BCUT2D eigenvalue weighted by atomic mass is 19.4. The Labute approximate surface area is 195 Å². The molecule has 0 aliphatic carbocycles. The standard InChI is InChI=1S/C24H26F3N5O2/c1-29-7-9-30(10-8-29)18-3-4-20-19(13-28-32(20)14-18)17-11-16-5-6-31(15-24(25,26)27)23(33)22(16)21(12-17)34-2/h3-4,11-14H,5-10,15H2,1-2H3. The summed E-state index contributed by atoms with van der Waals surface area (Å²) < 4.78 is 46.0.